The first kappa shape index (κ1) is 13.3. The lowest BCUT2D eigenvalue weighted by molar-refractivity contribution is -0.125. The van der Waals surface area contributed by atoms with Crippen LogP contribution in [-0.4, -0.2) is 23.0 Å². The molecule has 1 aromatic carbocycles. The molecular weight excluding hydrogens is 268 g/mol. The first-order valence-corrected chi connectivity index (χ1v) is 6.67. The number of carbonyl (C=O) groups excluding carboxylic acids is 2. The molecule has 5 heteroatoms. The maximum absolute atomic E-state index is 12.2. The van der Waals surface area contributed by atoms with Gasteiger partial charge in [-0.15, -0.1) is 0 Å². The van der Waals surface area contributed by atoms with Gasteiger partial charge in [-0.05, 0) is 30.7 Å². The Bertz CT molecular complexity index is 712. The molecule has 1 N–H and O–H groups in total. The lowest BCUT2D eigenvalue weighted by Crippen LogP contribution is -2.38. The van der Waals surface area contributed by atoms with E-state index in [1.54, 1.807) is 24.3 Å². The molecule has 0 bridgehead atoms. The second-order valence-corrected chi connectivity index (χ2v) is 4.91. The summed E-state index contributed by atoms with van der Waals surface area (Å²) in [6, 6.07) is 12.5. The number of carbonyl (C=O) groups is 2. The van der Waals surface area contributed by atoms with Crippen molar-refractivity contribution in [1.29, 1.82) is 0 Å². The van der Waals surface area contributed by atoms with Crippen molar-refractivity contribution >= 4 is 17.7 Å². The van der Waals surface area contributed by atoms with Crippen LogP contribution in [0.3, 0.4) is 0 Å². The van der Waals surface area contributed by atoms with Crippen molar-refractivity contribution in [2.75, 3.05) is 5.32 Å². The third kappa shape index (κ3) is 2.76. The number of nitrogens with one attached hydrogen (secondary N) is 1. The van der Waals surface area contributed by atoms with E-state index < -0.39 is 12.1 Å². The zero-order valence-electron chi connectivity index (χ0n) is 11.5. The molecule has 21 heavy (non-hydrogen) atoms. The lowest BCUT2D eigenvalue weighted by Gasteiger charge is -2.23. The van der Waals surface area contributed by atoms with E-state index >= 15 is 0 Å². The van der Waals surface area contributed by atoms with Gasteiger partial charge in [0.25, 0.3) is 5.91 Å². The Morgan fingerprint density at radius 3 is 2.86 bits per heavy atom. The zero-order chi connectivity index (χ0) is 14.8. The molecule has 1 atom stereocenters. The summed E-state index contributed by atoms with van der Waals surface area (Å²) >= 11 is 0. The smallest absolute Gasteiger partial charge is 0.339 e. The maximum Gasteiger partial charge on any atom is 0.339 e. The van der Waals surface area contributed by atoms with Crippen molar-refractivity contribution < 1.29 is 14.3 Å². The van der Waals surface area contributed by atoms with Gasteiger partial charge < -0.3 is 10.1 Å². The van der Waals surface area contributed by atoms with Gasteiger partial charge in [0.1, 0.15) is 5.82 Å². The summed E-state index contributed by atoms with van der Waals surface area (Å²) in [6.07, 6.45) is -0.450. The van der Waals surface area contributed by atoms with Crippen LogP contribution < -0.4 is 5.32 Å². The van der Waals surface area contributed by atoms with Crippen molar-refractivity contribution in [3.8, 4) is 0 Å². The second kappa shape index (κ2) is 5.36. The van der Waals surface area contributed by atoms with Crippen molar-refractivity contribution in [3.05, 3.63) is 59.3 Å². The van der Waals surface area contributed by atoms with E-state index in [9.17, 15) is 9.59 Å². The third-order valence-electron chi connectivity index (χ3n) is 3.32. The van der Waals surface area contributed by atoms with Crippen LogP contribution >= 0.6 is 0 Å². The van der Waals surface area contributed by atoms with Gasteiger partial charge in [-0.3, -0.25) is 4.79 Å². The van der Waals surface area contributed by atoms with Gasteiger partial charge in [-0.2, -0.15) is 0 Å². The normalized spacial score (nSPS) is 16.8. The van der Waals surface area contributed by atoms with E-state index in [2.05, 4.69) is 10.3 Å². The number of anilines is 1. The fourth-order valence-corrected chi connectivity index (χ4v) is 2.30. The highest BCUT2D eigenvalue weighted by Gasteiger charge is 2.31. The predicted octanol–water partition coefficient (Wildman–Crippen LogP) is 2.11. The summed E-state index contributed by atoms with van der Waals surface area (Å²) in [6.45, 7) is 1.84. The summed E-state index contributed by atoms with van der Waals surface area (Å²) in [7, 11) is 0. The number of cyclic esters (lactones) is 1. The Hall–Kier alpha value is -2.69. The molecule has 3 rings (SSSR count). The summed E-state index contributed by atoms with van der Waals surface area (Å²) in [4.78, 5) is 28.3. The largest absolute Gasteiger partial charge is 0.448 e. The van der Waals surface area contributed by atoms with Crippen molar-refractivity contribution in [2.45, 2.75) is 19.4 Å². The van der Waals surface area contributed by atoms with Gasteiger partial charge in [-0.1, -0.05) is 24.3 Å². The van der Waals surface area contributed by atoms with Crippen LogP contribution in [0, 0.1) is 6.92 Å². The quantitative estimate of drug-likeness (QED) is 0.857. The number of hydrogen-bond donors (Lipinski definition) is 1. The SMILES string of the molecule is Cc1cccc(NC(=O)C2Cc3ccccc3C(=O)O2)n1. The molecule has 0 fully saturated rings. The number of ether oxygens (including phenoxy) is 1. The first-order valence-electron chi connectivity index (χ1n) is 6.67. The van der Waals surface area contributed by atoms with Gasteiger partial charge >= 0.3 is 5.97 Å². The fraction of sp³-hybridized carbons (Fsp3) is 0.188. The summed E-state index contributed by atoms with van der Waals surface area (Å²) in [5.41, 5.74) is 2.15. The van der Waals surface area contributed by atoms with Crippen LogP contribution in [0.25, 0.3) is 0 Å². The molecule has 0 saturated carbocycles. The number of fused-ring (bicyclic) bond motifs is 1. The molecule has 0 spiro atoms. The van der Waals surface area contributed by atoms with E-state index in [4.69, 9.17) is 4.74 Å². The fourth-order valence-electron chi connectivity index (χ4n) is 2.30. The van der Waals surface area contributed by atoms with Gasteiger partial charge in [0.2, 0.25) is 0 Å². The van der Waals surface area contributed by atoms with E-state index in [0.717, 1.165) is 11.3 Å². The molecule has 1 amide bonds. The molecule has 0 aliphatic carbocycles. The monoisotopic (exact) mass is 282 g/mol. The number of nitrogens with zero attached hydrogens (tertiary/aromatic N) is 1. The summed E-state index contributed by atoms with van der Waals surface area (Å²) < 4.78 is 5.20. The van der Waals surface area contributed by atoms with Crippen molar-refractivity contribution in [3.63, 3.8) is 0 Å². The molecule has 1 unspecified atom stereocenters. The molecule has 1 aromatic heterocycles. The molecule has 2 aromatic rings. The first-order chi connectivity index (χ1) is 10.1. The van der Waals surface area contributed by atoms with Crippen LogP contribution in [0.5, 0.6) is 0 Å². The van der Waals surface area contributed by atoms with Crippen molar-refractivity contribution in [2.24, 2.45) is 0 Å². The number of aromatic nitrogens is 1. The Morgan fingerprint density at radius 2 is 2.05 bits per heavy atom. The van der Waals surface area contributed by atoms with Gasteiger partial charge in [0.15, 0.2) is 6.10 Å². The van der Waals surface area contributed by atoms with Crippen LogP contribution in [0.15, 0.2) is 42.5 Å². The minimum atomic E-state index is -0.824. The number of aryl methyl sites for hydroxylation is 1. The average Bonchev–Trinajstić information content (AvgIpc) is 2.47. The van der Waals surface area contributed by atoms with E-state index in [1.165, 1.54) is 0 Å². The number of amides is 1. The van der Waals surface area contributed by atoms with E-state index in [-0.39, 0.29) is 5.91 Å². The Morgan fingerprint density at radius 1 is 1.24 bits per heavy atom. The molecule has 1 aliphatic rings. The molecular formula is C16H14N2O3. The van der Waals surface area contributed by atoms with Crippen molar-refractivity contribution in [1.82, 2.24) is 4.98 Å². The standard InChI is InChI=1S/C16H14N2O3/c1-10-5-4-8-14(17-10)18-15(19)13-9-11-6-2-3-7-12(11)16(20)21-13/h2-8,13H,9H2,1H3,(H,17,18,19). The van der Waals surface area contributed by atoms with Crippen LogP contribution in [0.2, 0.25) is 0 Å². The summed E-state index contributed by atoms with van der Waals surface area (Å²) in [5.74, 6) is -0.375. The highest BCUT2D eigenvalue weighted by Crippen LogP contribution is 2.21. The maximum atomic E-state index is 12.2. The van der Waals surface area contributed by atoms with E-state index in [1.807, 2.05) is 25.1 Å². The van der Waals surface area contributed by atoms with Crippen LogP contribution in [0.4, 0.5) is 5.82 Å². The van der Waals surface area contributed by atoms with Gasteiger partial charge in [0.05, 0.1) is 5.56 Å². The van der Waals surface area contributed by atoms with Gasteiger partial charge in [0, 0.05) is 12.1 Å². The Balaban J connectivity index is 1.76. The number of rotatable bonds is 2. The third-order valence-corrected chi connectivity index (χ3v) is 3.32. The topological polar surface area (TPSA) is 68.3 Å². The second-order valence-electron chi connectivity index (χ2n) is 4.91. The average molecular weight is 282 g/mol. The zero-order valence-corrected chi connectivity index (χ0v) is 11.5. The summed E-state index contributed by atoms with van der Waals surface area (Å²) in [5, 5.41) is 2.68. The molecule has 0 saturated heterocycles. The highest BCUT2D eigenvalue weighted by molar-refractivity contribution is 5.99. The number of esters is 1. The number of hydrogen-bond acceptors (Lipinski definition) is 4. The van der Waals surface area contributed by atoms with Crippen LogP contribution in [-0.2, 0) is 16.0 Å². The molecule has 0 radical (unpaired) electrons. The predicted molar refractivity (Wildman–Crippen MR) is 77.0 cm³/mol. The Kier molecular flexibility index (Phi) is 3.39. The molecule has 5 nitrogen and oxygen atoms in total. The Labute approximate surface area is 122 Å². The minimum Gasteiger partial charge on any atom is -0.448 e. The van der Waals surface area contributed by atoms with Crippen LogP contribution in [0.1, 0.15) is 21.6 Å². The number of pyridine rings is 1. The van der Waals surface area contributed by atoms with Gasteiger partial charge in [-0.25, -0.2) is 9.78 Å². The molecule has 1 aliphatic heterocycles. The molecule has 106 valence electrons. The number of benzene rings is 1. The van der Waals surface area contributed by atoms with E-state index in [0.29, 0.717) is 17.8 Å². The highest BCUT2D eigenvalue weighted by atomic mass is 16.5. The molecule has 2 heterocycles. The lowest BCUT2D eigenvalue weighted by atomic mass is 9.98. The minimum absolute atomic E-state index is 0.365.